The van der Waals surface area contributed by atoms with Crippen LogP contribution in [0, 0.1) is 34.5 Å². The molecule has 0 bridgehead atoms. The van der Waals surface area contributed by atoms with E-state index in [0.717, 1.165) is 44.9 Å². The van der Waals surface area contributed by atoms with Crippen molar-refractivity contribution in [2.75, 3.05) is 14.2 Å². The highest BCUT2D eigenvalue weighted by Gasteiger charge is 2.65. The van der Waals surface area contributed by atoms with Crippen LogP contribution in [0.1, 0.15) is 58.8 Å². The Bertz CT molecular complexity index is 548. The Labute approximate surface area is 151 Å². The zero-order valence-corrected chi connectivity index (χ0v) is 16.2. The van der Waals surface area contributed by atoms with Gasteiger partial charge >= 0.3 is 0 Å². The van der Waals surface area contributed by atoms with Gasteiger partial charge in [-0.3, -0.25) is 4.79 Å². The van der Waals surface area contributed by atoms with Gasteiger partial charge in [0.1, 0.15) is 5.78 Å². The van der Waals surface area contributed by atoms with Gasteiger partial charge in [0.2, 0.25) is 0 Å². The second kappa shape index (κ2) is 6.03. The quantitative estimate of drug-likeness (QED) is 0.831. The lowest BCUT2D eigenvalue weighted by atomic mass is 9.43. The lowest BCUT2D eigenvalue weighted by molar-refractivity contribution is -0.232. The summed E-state index contributed by atoms with van der Waals surface area (Å²) in [7, 11) is 3.60. The average Bonchev–Trinajstić information content (AvgIpc) is 2.90. The van der Waals surface area contributed by atoms with Gasteiger partial charge in [-0.25, -0.2) is 0 Å². The first-order valence-electron chi connectivity index (χ1n) is 10.1. The molecule has 0 heterocycles. The Kier molecular flexibility index (Phi) is 4.33. The molecule has 0 aromatic carbocycles. The van der Waals surface area contributed by atoms with Crippen molar-refractivity contribution in [1.82, 2.24) is 0 Å². The number of aliphatic hydroxyl groups excluding tert-OH is 1. The highest BCUT2D eigenvalue weighted by molar-refractivity contribution is 5.87. The van der Waals surface area contributed by atoms with E-state index in [-0.39, 0.29) is 29.1 Å². The minimum Gasteiger partial charge on any atom is -0.393 e. The van der Waals surface area contributed by atoms with Crippen molar-refractivity contribution in [3.63, 3.8) is 0 Å². The SMILES string of the molecule is COC1C(OC)C2CC(O)CCC2(C)C2CCC3(C)C(=O)CCC3C12. The van der Waals surface area contributed by atoms with Gasteiger partial charge in [-0.05, 0) is 67.6 Å². The lowest BCUT2D eigenvalue weighted by Gasteiger charge is -2.63. The molecule has 0 saturated heterocycles. The third-order valence-corrected chi connectivity index (χ3v) is 8.92. The number of ketones is 1. The van der Waals surface area contributed by atoms with E-state index in [1.54, 1.807) is 14.2 Å². The molecule has 0 spiro atoms. The fraction of sp³-hybridized carbons (Fsp3) is 0.952. The first kappa shape index (κ1) is 17.9. The maximum Gasteiger partial charge on any atom is 0.139 e. The second-order valence-electron chi connectivity index (χ2n) is 9.65. The predicted octanol–water partition coefficient (Wildman–Crippen LogP) is 3.21. The molecule has 0 aliphatic heterocycles. The summed E-state index contributed by atoms with van der Waals surface area (Å²) in [6, 6.07) is 0. The van der Waals surface area contributed by atoms with Crippen molar-refractivity contribution in [2.24, 2.45) is 34.5 Å². The maximum absolute atomic E-state index is 12.7. The monoisotopic (exact) mass is 350 g/mol. The fourth-order valence-electron chi connectivity index (χ4n) is 7.55. The van der Waals surface area contributed by atoms with Crippen LogP contribution < -0.4 is 0 Å². The van der Waals surface area contributed by atoms with Gasteiger partial charge in [-0.15, -0.1) is 0 Å². The van der Waals surface area contributed by atoms with Crippen LogP contribution in [0.2, 0.25) is 0 Å². The minimum absolute atomic E-state index is 0.0178. The number of fused-ring (bicyclic) bond motifs is 5. The summed E-state index contributed by atoms with van der Waals surface area (Å²) >= 11 is 0. The van der Waals surface area contributed by atoms with Crippen molar-refractivity contribution in [1.29, 1.82) is 0 Å². The number of hydrogen-bond donors (Lipinski definition) is 1. The molecule has 4 rings (SSSR count). The summed E-state index contributed by atoms with van der Waals surface area (Å²) in [4.78, 5) is 12.7. The molecule has 4 heteroatoms. The smallest absolute Gasteiger partial charge is 0.139 e. The molecule has 0 amide bonds. The Morgan fingerprint density at radius 3 is 2.36 bits per heavy atom. The minimum atomic E-state index is -0.216. The average molecular weight is 350 g/mol. The first-order valence-corrected chi connectivity index (χ1v) is 10.1. The van der Waals surface area contributed by atoms with E-state index in [1.165, 1.54) is 0 Å². The van der Waals surface area contributed by atoms with Gasteiger partial charge in [-0.1, -0.05) is 13.8 Å². The molecule has 4 aliphatic carbocycles. The van der Waals surface area contributed by atoms with Gasteiger partial charge in [0.15, 0.2) is 0 Å². The van der Waals surface area contributed by atoms with Crippen molar-refractivity contribution >= 4 is 5.78 Å². The van der Waals surface area contributed by atoms with Gasteiger partial charge in [-0.2, -0.15) is 0 Å². The number of ether oxygens (including phenoxy) is 2. The van der Waals surface area contributed by atoms with Crippen LogP contribution in [0.25, 0.3) is 0 Å². The van der Waals surface area contributed by atoms with E-state index in [9.17, 15) is 9.90 Å². The molecule has 25 heavy (non-hydrogen) atoms. The molecule has 142 valence electrons. The van der Waals surface area contributed by atoms with E-state index in [2.05, 4.69) is 13.8 Å². The van der Waals surface area contributed by atoms with Gasteiger partial charge in [0.05, 0.1) is 18.3 Å². The summed E-state index contributed by atoms with van der Waals surface area (Å²) < 4.78 is 12.1. The number of carbonyl (C=O) groups excluding carboxylic acids is 1. The molecular formula is C21H34O4. The Morgan fingerprint density at radius 2 is 1.68 bits per heavy atom. The van der Waals surface area contributed by atoms with Crippen LogP contribution >= 0.6 is 0 Å². The zero-order valence-electron chi connectivity index (χ0n) is 16.2. The Morgan fingerprint density at radius 1 is 0.960 bits per heavy atom. The summed E-state index contributed by atoms with van der Waals surface area (Å²) in [5, 5.41) is 10.3. The zero-order chi connectivity index (χ0) is 18.0. The molecular weight excluding hydrogens is 316 g/mol. The maximum atomic E-state index is 12.7. The highest BCUT2D eigenvalue weighted by Crippen LogP contribution is 2.66. The number of hydrogen-bond acceptors (Lipinski definition) is 4. The molecule has 1 N–H and O–H groups in total. The summed E-state index contributed by atoms with van der Waals surface area (Å²) in [5.41, 5.74) is 0.0280. The Balaban J connectivity index is 1.77. The van der Waals surface area contributed by atoms with Gasteiger partial charge < -0.3 is 14.6 Å². The molecule has 0 aromatic heterocycles. The molecule has 4 nitrogen and oxygen atoms in total. The van der Waals surface area contributed by atoms with E-state index < -0.39 is 0 Å². The molecule has 0 aromatic rings. The summed E-state index contributed by atoms with van der Waals surface area (Å²) in [6.45, 7) is 4.63. The van der Waals surface area contributed by atoms with E-state index in [0.29, 0.717) is 29.5 Å². The summed E-state index contributed by atoms with van der Waals surface area (Å²) in [6.07, 6.45) is 6.50. The van der Waals surface area contributed by atoms with Crippen LogP contribution in [0.5, 0.6) is 0 Å². The molecule has 4 aliphatic rings. The van der Waals surface area contributed by atoms with E-state index in [1.807, 2.05) is 0 Å². The van der Waals surface area contributed by atoms with Crippen molar-refractivity contribution < 1.29 is 19.4 Å². The largest absolute Gasteiger partial charge is 0.393 e. The topological polar surface area (TPSA) is 55.8 Å². The van der Waals surface area contributed by atoms with Crippen molar-refractivity contribution in [3.8, 4) is 0 Å². The van der Waals surface area contributed by atoms with Crippen molar-refractivity contribution in [2.45, 2.75) is 77.1 Å². The van der Waals surface area contributed by atoms with Crippen LogP contribution in [0.3, 0.4) is 0 Å². The number of rotatable bonds is 2. The predicted molar refractivity (Wildman–Crippen MR) is 95.1 cm³/mol. The van der Waals surface area contributed by atoms with E-state index in [4.69, 9.17) is 9.47 Å². The lowest BCUT2D eigenvalue weighted by Crippen LogP contribution is -2.65. The number of Topliss-reactive ketones (excluding diaryl/α,β-unsaturated/α-hetero) is 1. The molecule has 4 fully saturated rings. The van der Waals surface area contributed by atoms with Gasteiger partial charge in [0, 0.05) is 26.1 Å². The third-order valence-electron chi connectivity index (χ3n) is 8.92. The fourth-order valence-corrected chi connectivity index (χ4v) is 7.55. The third kappa shape index (κ3) is 2.33. The number of carbonyl (C=O) groups is 1. The standard InChI is InChI=1S/C21H34O4/c1-20-9-7-12(22)11-15(20)18(24-3)19(25-4)17-13-5-6-16(23)21(13,2)10-8-14(17)20/h12-15,17-19,22H,5-11H2,1-4H3. The van der Waals surface area contributed by atoms with Crippen LogP contribution in [0.4, 0.5) is 0 Å². The normalized spacial score (nSPS) is 55.4. The first-order chi connectivity index (χ1) is 11.9. The summed E-state index contributed by atoms with van der Waals surface area (Å²) in [5.74, 6) is 2.20. The number of aliphatic hydroxyl groups is 1. The van der Waals surface area contributed by atoms with Crippen molar-refractivity contribution in [3.05, 3.63) is 0 Å². The van der Waals surface area contributed by atoms with E-state index >= 15 is 0 Å². The second-order valence-corrected chi connectivity index (χ2v) is 9.65. The molecule has 0 radical (unpaired) electrons. The molecule has 4 saturated carbocycles. The molecule has 9 atom stereocenters. The molecule has 9 unspecified atom stereocenters. The number of methoxy groups -OCH3 is 2. The van der Waals surface area contributed by atoms with Crippen LogP contribution in [-0.4, -0.2) is 43.4 Å². The van der Waals surface area contributed by atoms with Gasteiger partial charge in [0.25, 0.3) is 0 Å². The van der Waals surface area contributed by atoms with Crippen LogP contribution in [0.15, 0.2) is 0 Å². The van der Waals surface area contributed by atoms with Crippen LogP contribution in [-0.2, 0) is 14.3 Å². The highest BCUT2D eigenvalue weighted by atomic mass is 16.5. The Hall–Kier alpha value is -0.450.